The van der Waals surface area contributed by atoms with E-state index in [1.54, 1.807) is 6.07 Å². The molecule has 1 heterocycles. The Morgan fingerprint density at radius 2 is 2.29 bits per heavy atom. The lowest BCUT2D eigenvalue weighted by atomic mass is 10.1. The van der Waals surface area contributed by atoms with Crippen LogP contribution in [-0.2, 0) is 4.79 Å². The van der Waals surface area contributed by atoms with Crippen LogP contribution in [0, 0.1) is 5.82 Å². The van der Waals surface area contributed by atoms with Crippen LogP contribution >= 0.6 is 0 Å². The van der Waals surface area contributed by atoms with E-state index in [9.17, 15) is 9.18 Å². The van der Waals surface area contributed by atoms with Crippen molar-refractivity contribution in [1.82, 2.24) is 10.6 Å². The molecule has 1 saturated heterocycles. The van der Waals surface area contributed by atoms with Gasteiger partial charge < -0.3 is 15.4 Å². The molecule has 4 nitrogen and oxygen atoms in total. The van der Waals surface area contributed by atoms with Crippen molar-refractivity contribution in [1.29, 1.82) is 0 Å². The van der Waals surface area contributed by atoms with Gasteiger partial charge in [-0.3, -0.25) is 4.79 Å². The van der Waals surface area contributed by atoms with E-state index in [0.717, 1.165) is 24.9 Å². The molecule has 0 bridgehead atoms. The lowest BCUT2D eigenvalue weighted by Gasteiger charge is -2.21. The fourth-order valence-electron chi connectivity index (χ4n) is 2.56. The van der Waals surface area contributed by atoms with Crippen LogP contribution in [0.4, 0.5) is 4.39 Å². The minimum absolute atomic E-state index is 0.0411. The molecular formula is C16H23FN2O2. The fourth-order valence-corrected chi connectivity index (χ4v) is 2.56. The van der Waals surface area contributed by atoms with Gasteiger partial charge in [-0.25, -0.2) is 4.39 Å². The summed E-state index contributed by atoms with van der Waals surface area (Å²) in [7, 11) is 0. The highest BCUT2D eigenvalue weighted by Crippen LogP contribution is 2.28. The molecule has 0 aliphatic carbocycles. The molecule has 1 aromatic rings. The number of ether oxygens (including phenoxy) is 1. The lowest BCUT2D eigenvalue weighted by Crippen LogP contribution is -2.36. The summed E-state index contributed by atoms with van der Waals surface area (Å²) < 4.78 is 19.4. The normalized spacial score (nSPS) is 20.5. The number of nitrogens with one attached hydrogen (secondary N) is 2. The van der Waals surface area contributed by atoms with Crippen LogP contribution < -0.4 is 15.4 Å². The first-order valence-corrected chi connectivity index (χ1v) is 7.59. The van der Waals surface area contributed by atoms with Crippen molar-refractivity contribution in [3.05, 3.63) is 29.6 Å². The Bertz CT molecular complexity index is 493. The first-order chi connectivity index (χ1) is 10.1. The average molecular weight is 294 g/mol. The number of amides is 1. The summed E-state index contributed by atoms with van der Waals surface area (Å²) in [5.41, 5.74) is 0.871. The van der Waals surface area contributed by atoms with Gasteiger partial charge in [-0.1, -0.05) is 13.0 Å². The SMILES string of the molecule is CCNC(C)c1ccc(F)cc1OC1CCCCNC1=O. The molecule has 21 heavy (non-hydrogen) atoms. The zero-order chi connectivity index (χ0) is 15.2. The second kappa shape index (κ2) is 7.41. The van der Waals surface area contributed by atoms with Crippen LogP contribution in [0.3, 0.4) is 0 Å². The molecule has 1 fully saturated rings. The zero-order valence-corrected chi connectivity index (χ0v) is 12.6. The summed E-state index contributed by atoms with van der Waals surface area (Å²) in [6.45, 7) is 5.50. The Morgan fingerprint density at radius 1 is 1.48 bits per heavy atom. The van der Waals surface area contributed by atoms with Crippen LogP contribution in [0.1, 0.15) is 44.7 Å². The monoisotopic (exact) mass is 294 g/mol. The number of benzene rings is 1. The van der Waals surface area contributed by atoms with Gasteiger partial charge in [0, 0.05) is 24.2 Å². The molecule has 2 rings (SSSR count). The molecule has 1 amide bonds. The quantitative estimate of drug-likeness (QED) is 0.877. The van der Waals surface area contributed by atoms with Gasteiger partial charge in [0.25, 0.3) is 5.91 Å². The highest BCUT2D eigenvalue weighted by atomic mass is 19.1. The Hall–Kier alpha value is -1.62. The summed E-state index contributed by atoms with van der Waals surface area (Å²) in [6.07, 6.45) is 2.01. The molecule has 5 heteroatoms. The molecule has 0 radical (unpaired) electrons. The third-order valence-corrected chi connectivity index (χ3v) is 3.71. The van der Waals surface area contributed by atoms with E-state index in [1.165, 1.54) is 12.1 Å². The van der Waals surface area contributed by atoms with Gasteiger partial charge in [0.1, 0.15) is 11.6 Å². The van der Waals surface area contributed by atoms with Crippen molar-refractivity contribution in [2.45, 2.75) is 45.3 Å². The standard InChI is InChI=1S/C16H23FN2O2/c1-3-18-11(2)13-8-7-12(17)10-15(13)21-14-6-4-5-9-19-16(14)20/h7-8,10-11,14,18H,3-6,9H2,1-2H3,(H,19,20). The van der Waals surface area contributed by atoms with Crippen LogP contribution in [0.25, 0.3) is 0 Å². The van der Waals surface area contributed by atoms with Gasteiger partial charge in [0.15, 0.2) is 6.10 Å². The van der Waals surface area contributed by atoms with Crippen LogP contribution in [0.15, 0.2) is 18.2 Å². The van der Waals surface area contributed by atoms with E-state index in [2.05, 4.69) is 10.6 Å². The van der Waals surface area contributed by atoms with Crippen LogP contribution in [0.2, 0.25) is 0 Å². The Labute approximate surface area is 125 Å². The summed E-state index contributed by atoms with van der Waals surface area (Å²) >= 11 is 0. The van der Waals surface area contributed by atoms with Crippen molar-refractivity contribution in [3.63, 3.8) is 0 Å². The molecule has 2 atom stereocenters. The smallest absolute Gasteiger partial charge is 0.261 e. The molecule has 0 spiro atoms. The molecule has 1 aliphatic heterocycles. The fraction of sp³-hybridized carbons (Fsp3) is 0.562. The van der Waals surface area contributed by atoms with E-state index in [4.69, 9.17) is 4.74 Å². The van der Waals surface area contributed by atoms with Gasteiger partial charge in [-0.15, -0.1) is 0 Å². The van der Waals surface area contributed by atoms with Gasteiger partial charge in [-0.05, 0) is 38.8 Å². The Kier molecular flexibility index (Phi) is 5.56. The topological polar surface area (TPSA) is 50.4 Å². The van der Waals surface area contributed by atoms with Gasteiger partial charge in [-0.2, -0.15) is 0 Å². The van der Waals surface area contributed by atoms with E-state index < -0.39 is 6.10 Å². The van der Waals surface area contributed by atoms with Crippen molar-refractivity contribution < 1.29 is 13.9 Å². The van der Waals surface area contributed by atoms with Gasteiger partial charge in [0.2, 0.25) is 0 Å². The molecule has 1 aromatic carbocycles. The third-order valence-electron chi connectivity index (χ3n) is 3.71. The minimum Gasteiger partial charge on any atom is -0.480 e. The first-order valence-electron chi connectivity index (χ1n) is 7.59. The maximum Gasteiger partial charge on any atom is 0.261 e. The second-order valence-electron chi connectivity index (χ2n) is 5.35. The molecule has 2 N–H and O–H groups in total. The Balaban J connectivity index is 2.20. The Morgan fingerprint density at radius 3 is 3.05 bits per heavy atom. The summed E-state index contributed by atoms with van der Waals surface area (Å²) in [5, 5.41) is 6.11. The first kappa shape index (κ1) is 15.8. The third kappa shape index (κ3) is 4.17. The van der Waals surface area contributed by atoms with Crippen LogP contribution in [0.5, 0.6) is 5.75 Å². The number of hydrogen-bond acceptors (Lipinski definition) is 3. The van der Waals surface area contributed by atoms with Crippen molar-refractivity contribution in [3.8, 4) is 5.75 Å². The molecule has 0 aromatic heterocycles. The van der Waals surface area contributed by atoms with Gasteiger partial charge in [0.05, 0.1) is 0 Å². The van der Waals surface area contributed by atoms with Crippen LogP contribution in [-0.4, -0.2) is 25.1 Å². The van der Waals surface area contributed by atoms with Gasteiger partial charge >= 0.3 is 0 Å². The van der Waals surface area contributed by atoms with Crippen molar-refractivity contribution in [2.75, 3.05) is 13.1 Å². The second-order valence-corrected chi connectivity index (χ2v) is 5.35. The maximum atomic E-state index is 13.5. The molecule has 2 unspecified atom stereocenters. The number of hydrogen-bond donors (Lipinski definition) is 2. The highest BCUT2D eigenvalue weighted by molar-refractivity contribution is 5.81. The lowest BCUT2D eigenvalue weighted by molar-refractivity contribution is -0.127. The molecule has 116 valence electrons. The summed E-state index contributed by atoms with van der Waals surface area (Å²) in [6, 6.07) is 4.54. The van der Waals surface area contributed by atoms with E-state index in [1.807, 2.05) is 13.8 Å². The maximum absolute atomic E-state index is 13.5. The number of carbonyl (C=O) groups is 1. The molecule has 0 saturated carbocycles. The average Bonchev–Trinajstić information content (AvgIpc) is 2.64. The van der Waals surface area contributed by atoms with E-state index in [-0.39, 0.29) is 17.8 Å². The van der Waals surface area contributed by atoms with E-state index in [0.29, 0.717) is 18.7 Å². The van der Waals surface area contributed by atoms with Crippen molar-refractivity contribution in [2.24, 2.45) is 0 Å². The molecule has 1 aliphatic rings. The summed E-state index contributed by atoms with van der Waals surface area (Å²) in [5.74, 6) is -0.0178. The number of rotatable bonds is 5. The van der Waals surface area contributed by atoms with Crippen molar-refractivity contribution >= 4 is 5.91 Å². The number of carbonyl (C=O) groups excluding carboxylic acids is 1. The van der Waals surface area contributed by atoms with E-state index >= 15 is 0 Å². The predicted molar refractivity (Wildman–Crippen MR) is 79.8 cm³/mol. The number of halogens is 1. The predicted octanol–water partition coefficient (Wildman–Crippen LogP) is 2.54. The highest BCUT2D eigenvalue weighted by Gasteiger charge is 2.24. The largest absolute Gasteiger partial charge is 0.480 e. The summed E-state index contributed by atoms with van der Waals surface area (Å²) in [4.78, 5) is 12.0. The molecular weight excluding hydrogens is 271 g/mol. The minimum atomic E-state index is -0.540. The zero-order valence-electron chi connectivity index (χ0n) is 12.6.